The van der Waals surface area contributed by atoms with E-state index in [-0.39, 0.29) is 37.1 Å². The fourth-order valence-electron chi connectivity index (χ4n) is 6.75. The zero-order chi connectivity index (χ0) is 26.8. The molecule has 2 aliphatic heterocycles. The van der Waals surface area contributed by atoms with Gasteiger partial charge in [-0.25, -0.2) is 0 Å². The number of carbonyl (C=O) groups excluding carboxylic acids is 2. The van der Waals surface area contributed by atoms with Gasteiger partial charge in [-0.2, -0.15) is 0 Å². The number of nitrogens with zero attached hydrogens (tertiary/aromatic N) is 1. The number of hydrogen-bond donors (Lipinski definition) is 0. The molecule has 0 radical (unpaired) electrons. The first-order valence-electron chi connectivity index (χ1n) is 13.2. The Labute approximate surface area is 238 Å². The molecular weight excluding hydrogens is 581 g/mol. The van der Waals surface area contributed by atoms with E-state index in [0.717, 1.165) is 10.3 Å². The van der Waals surface area contributed by atoms with Crippen LogP contribution in [0.3, 0.4) is 0 Å². The first kappa shape index (κ1) is 23.6. The Hall–Kier alpha value is -3.28. The molecule has 0 amide bonds. The quantitative estimate of drug-likeness (QED) is 0.122. The minimum atomic E-state index is -1.90. The molecule has 5 aromatic rings. The summed E-state index contributed by atoms with van der Waals surface area (Å²) in [5, 5.41) is 5.17. The Balaban J connectivity index is 1.32. The van der Waals surface area contributed by atoms with Crippen molar-refractivity contribution in [2.75, 3.05) is 4.90 Å². The van der Waals surface area contributed by atoms with Crippen molar-refractivity contribution in [1.29, 1.82) is 0 Å². The van der Waals surface area contributed by atoms with Gasteiger partial charge in [0.05, 0.1) is 0 Å². The molecule has 3 aromatic carbocycles. The minimum absolute atomic E-state index is 0.146. The van der Waals surface area contributed by atoms with Crippen molar-refractivity contribution < 1.29 is 9.59 Å². The van der Waals surface area contributed by atoms with Gasteiger partial charge in [-0.15, -0.1) is 0 Å². The van der Waals surface area contributed by atoms with Gasteiger partial charge in [-0.1, -0.05) is 43.4 Å². The third kappa shape index (κ3) is 2.98. The summed E-state index contributed by atoms with van der Waals surface area (Å²) < 4.78 is 1.18. The normalized spacial score (nSPS) is 18.8. The number of carbonyl (C=O) groups is 2. The number of hydrogen-bond acceptors (Lipinski definition) is 4. The van der Waals surface area contributed by atoms with Crippen LogP contribution in [0.25, 0.3) is 15.7 Å². The number of anilines is 3. The Morgan fingerprint density at radius 3 is 2.44 bits per heavy atom. The molecule has 0 N–H and O–H groups in total. The van der Waals surface area contributed by atoms with Crippen molar-refractivity contribution in [3.05, 3.63) is 104 Å². The van der Waals surface area contributed by atoms with E-state index in [2.05, 4.69) is 91.4 Å². The summed E-state index contributed by atoms with van der Waals surface area (Å²) in [5.41, 5.74) is 6.35. The van der Waals surface area contributed by atoms with Gasteiger partial charge in [0.1, 0.15) is 8.07 Å². The number of Topliss-reactive ketones (excluding diaryl/α,β-unsaturated/α-hetero) is 2. The second-order valence-electron chi connectivity index (χ2n) is 11.7. The fraction of sp³-hybridized carbons (Fsp3) is 0.152. The van der Waals surface area contributed by atoms with Gasteiger partial charge in [-0.05, 0) is 0 Å². The molecule has 0 spiro atoms. The molecule has 0 bridgehead atoms. The van der Waals surface area contributed by atoms with E-state index in [1.165, 1.54) is 42.1 Å². The predicted molar refractivity (Wildman–Crippen MR) is 165 cm³/mol. The Kier molecular flexibility index (Phi) is 4.64. The van der Waals surface area contributed by atoms with Crippen LogP contribution in [0, 0.1) is 0 Å². The van der Waals surface area contributed by atoms with Crippen LogP contribution < -0.4 is 15.3 Å². The van der Waals surface area contributed by atoms with E-state index in [9.17, 15) is 9.59 Å². The molecule has 6 heteroatoms. The molecule has 0 atom stereocenters. The van der Waals surface area contributed by atoms with Crippen LogP contribution in [0.15, 0.2) is 77.2 Å². The maximum absolute atomic E-state index is 13.5. The monoisotopic (exact) mass is 607 g/mol. The van der Waals surface area contributed by atoms with Crippen LogP contribution in [0.4, 0.5) is 16.4 Å². The average molecular weight is 607 g/mol. The molecule has 0 unspecified atom stereocenters. The van der Waals surface area contributed by atoms with Gasteiger partial charge in [0, 0.05) is 0 Å². The summed E-state index contributed by atoms with van der Waals surface area (Å²) in [7, 11) is -1.90. The molecule has 1 aliphatic carbocycles. The molecule has 4 heterocycles. The number of fused-ring (bicyclic) bond motifs is 6. The molecular formula is C33H25NO2SSeSi. The number of para-hydroxylation sites is 2. The second kappa shape index (κ2) is 7.67. The number of ketones is 2. The van der Waals surface area contributed by atoms with Crippen LogP contribution in [-0.4, -0.2) is 34.1 Å². The maximum atomic E-state index is 13.5. The molecule has 190 valence electrons. The Bertz CT molecular complexity index is 1920. The Morgan fingerprint density at radius 1 is 0.872 bits per heavy atom. The predicted octanol–water partition coefficient (Wildman–Crippen LogP) is 6.67. The molecule has 0 saturated carbocycles. The summed E-state index contributed by atoms with van der Waals surface area (Å²) >= 11 is 1.92. The summed E-state index contributed by atoms with van der Waals surface area (Å²) in [5.74, 6) is -0.300. The standard InChI is InChI=1S/C33H25NO2SSeSi/c1-33(2)23-8-7-11-28-29(23)34(25-9-5-6-10-27(25)39(28,3)4)32-24(33)16-19(37-32)15-22-30(35)20-14-18-12-13-38-26(18)17-21(20)31(22)36/h5-17H,1-4H3/b22-15-. The third-order valence-corrected chi connectivity index (χ3v) is 15.3. The van der Waals surface area contributed by atoms with Gasteiger partial charge < -0.3 is 0 Å². The summed E-state index contributed by atoms with van der Waals surface area (Å²) in [6, 6.07) is 23.8. The second-order valence-corrected chi connectivity index (χ2v) is 19.1. The molecule has 0 fully saturated rings. The van der Waals surface area contributed by atoms with Crippen LogP contribution in [0.1, 0.15) is 50.6 Å². The first-order chi connectivity index (χ1) is 18.7. The molecule has 39 heavy (non-hydrogen) atoms. The van der Waals surface area contributed by atoms with Gasteiger partial charge in [0.15, 0.2) is 0 Å². The first-order valence-corrected chi connectivity index (χ1v) is 18.8. The Morgan fingerprint density at radius 2 is 1.62 bits per heavy atom. The third-order valence-electron chi connectivity index (χ3n) is 8.89. The van der Waals surface area contributed by atoms with Crippen LogP contribution >= 0.6 is 11.3 Å². The van der Waals surface area contributed by atoms with E-state index < -0.39 is 8.07 Å². The fourth-order valence-corrected chi connectivity index (χ4v) is 12.7. The SMILES string of the molecule is CC1(C)c2cc(/C=C3/C(=O)c4cc5cc[se]c5cc4C3=O)sc2N2c3ccccc3[Si](C)(C)c3cccc1c32. The van der Waals surface area contributed by atoms with Gasteiger partial charge in [0.25, 0.3) is 0 Å². The molecule has 3 nitrogen and oxygen atoms in total. The molecule has 0 saturated heterocycles. The molecule has 8 rings (SSSR count). The summed E-state index contributed by atoms with van der Waals surface area (Å²) in [4.78, 5) is 32.5. The molecule has 2 aromatic heterocycles. The van der Waals surface area contributed by atoms with Gasteiger partial charge >= 0.3 is 188 Å². The number of rotatable bonds is 1. The average Bonchev–Trinajstić information content (AvgIpc) is 3.62. The van der Waals surface area contributed by atoms with Crippen LogP contribution in [0.5, 0.6) is 0 Å². The van der Waals surface area contributed by atoms with Crippen molar-refractivity contribution in [3.63, 3.8) is 0 Å². The van der Waals surface area contributed by atoms with Crippen molar-refractivity contribution in [2.24, 2.45) is 0 Å². The van der Waals surface area contributed by atoms with Crippen molar-refractivity contribution in [2.45, 2.75) is 32.4 Å². The topological polar surface area (TPSA) is 37.4 Å². The van der Waals surface area contributed by atoms with Crippen molar-refractivity contribution in [1.82, 2.24) is 0 Å². The van der Waals surface area contributed by atoms with Crippen molar-refractivity contribution in [3.8, 4) is 0 Å². The van der Waals surface area contributed by atoms with E-state index in [0.29, 0.717) is 11.1 Å². The number of benzene rings is 3. The van der Waals surface area contributed by atoms with E-state index >= 15 is 0 Å². The zero-order valence-electron chi connectivity index (χ0n) is 22.1. The summed E-state index contributed by atoms with van der Waals surface area (Å²) in [6.07, 6.45) is 1.84. The van der Waals surface area contributed by atoms with E-state index in [4.69, 9.17) is 0 Å². The number of thiophene rings is 1. The van der Waals surface area contributed by atoms with Crippen LogP contribution in [0.2, 0.25) is 13.1 Å². The van der Waals surface area contributed by atoms with Crippen LogP contribution in [-0.2, 0) is 5.41 Å². The van der Waals surface area contributed by atoms with E-state index in [1.807, 2.05) is 18.2 Å². The number of allylic oxidation sites excluding steroid dienone is 1. The van der Waals surface area contributed by atoms with E-state index in [1.54, 1.807) is 11.3 Å². The summed E-state index contributed by atoms with van der Waals surface area (Å²) in [6.45, 7) is 9.51. The molecule has 3 aliphatic rings. The van der Waals surface area contributed by atoms with Gasteiger partial charge in [-0.3, -0.25) is 0 Å². The van der Waals surface area contributed by atoms with Crippen molar-refractivity contribution >= 4 is 88.0 Å². The zero-order valence-corrected chi connectivity index (χ0v) is 25.6. The van der Waals surface area contributed by atoms with Gasteiger partial charge in [0.2, 0.25) is 0 Å².